The van der Waals surface area contributed by atoms with E-state index in [9.17, 15) is 0 Å². The number of aromatic amines is 2. The van der Waals surface area contributed by atoms with Crippen LogP contribution < -0.4 is 10.2 Å². The first kappa shape index (κ1) is 20.7. The van der Waals surface area contributed by atoms with Crippen LogP contribution in [0.5, 0.6) is 0 Å². The molecule has 8 nitrogen and oxygen atoms in total. The van der Waals surface area contributed by atoms with Gasteiger partial charge < -0.3 is 15.2 Å². The summed E-state index contributed by atoms with van der Waals surface area (Å²) in [5.74, 6) is 0.772. The van der Waals surface area contributed by atoms with E-state index >= 15 is 0 Å². The fraction of sp³-hybridized carbons (Fsp3) is 0.308. The number of H-pyrrole nitrogens is 2. The Balaban J connectivity index is 1.41. The van der Waals surface area contributed by atoms with Crippen molar-refractivity contribution in [1.29, 1.82) is 0 Å². The number of nitrogens with one attached hydrogen (secondary N) is 3. The molecule has 1 aliphatic rings. The van der Waals surface area contributed by atoms with E-state index in [0.717, 1.165) is 57.8 Å². The molecule has 3 N–H and O–H groups in total. The van der Waals surface area contributed by atoms with E-state index in [2.05, 4.69) is 79.5 Å². The average molecular weight is 453 g/mol. The summed E-state index contributed by atoms with van der Waals surface area (Å²) >= 11 is 0. The molecule has 1 aliphatic heterocycles. The number of para-hydroxylation sites is 1. The number of pyridine rings is 2. The molecule has 0 radical (unpaired) electrons. The van der Waals surface area contributed by atoms with E-state index in [-0.39, 0.29) is 0 Å². The van der Waals surface area contributed by atoms with Crippen LogP contribution >= 0.6 is 0 Å². The van der Waals surface area contributed by atoms with Crippen LogP contribution in [-0.4, -0.2) is 49.3 Å². The van der Waals surface area contributed by atoms with E-state index in [4.69, 9.17) is 4.98 Å². The minimum Gasteiger partial charge on any atom is -0.382 e. The quantitative estimate of drug-likeness (QED) is 0.331. The van der Waals surface area contributed by atoms with Crippen molar-refractivity contribution < 1.29 is 0 Å². The standard InChI is InChI=1S/C26H28N8/c1-16(2)29-19-11-17(13-27-15-19)18-12-20-23(32-33-25(20)28-14-18)26-30-21-7-6-8-22(24(21)31-26)34-9-4-3-5-10-34/h6-8,11-16,29H,3-5,9-10H2,1-2H3,(H,30,31)(H,28,32,33). The minimum atomic E-state index is 0.334. The van der Waals surface area contributed by atoms with E-state index in [1.54, 1.807) is 0 Å². The fourth-order valence-corrected chi connectivity index (χ4v) is 4.77. The third kappa shape index (κ3) is 3.75. The van der Waals surface area contributed by atoms with Gasteiger partial charge in [-0.3, -0.25) is 10.1 Å². The summed E-state index contributed by atoms with van der Waals surface area (Å²) < 4.78 is 0. The van der Waals surface area contributed by atoms with Crippen molar-refractivity contribution in [3.63, 3.8) is 0 Å². The van der Waals surface area contributed by atoms with Gasteiger partial charge in [-0.25, -0.2) is 9.97 Å². The average Bonchev–Trinajstić information content (AvgIpc) is 3.48. The number of imidazole rings is 1. The fourth-order valence-electron chi connectivity index (χ4n) is 4.77. The summed E-state index contributed by atoms with van der Waals surface area (Å²) in [5.41, 5.74) is 7.72. The number of hydrogen-bond donors (Lipinski definition) is 3. The number of hydrogen-bond acceptors (Lipinski definition) is 6. The van der Waals surface area contributed by atoms with Crippen molar-refractivity contribution in [3.05, 3.63) is 48.9 Å². The van der Waals surface area contributed by atoms with Gasteiger partial charge in [-0.1, -0.05) is 6.07 Å². The molecule has 34 heavy (non-hydrogen) atoms. The second kappa shape index (κ2) is 8.44. The van der Waals surface area contributed by atoms with Crippen molar-refractivity contribution in [2.75, 3.05) is 23.3 Å². The highest BCUT2D eigenvalue weighted by Gasteiger charge is 2.19. The summed E-state index contributed by atoms with van der Waals surface area (Å²) in [6, 6.07) is 10.9. The first-order valence-electron chi connectivity index (χ1n) is 12.0. The number of fused-ring (bicyclic) bond motifs is 2. The summed E-state index contributed by atoms with van der Waals surface area (Å²) in [5, 5.41) is 11.9. The number of piperidine rings is 1. The first-order chi connectivity index (χ1) is 16.7. The molecule has 1 saturated heterocycles. The lowest BCUT2D eigenvalue weighted by Gasteiger charge is -2.28. The maximum Gasteiger partial charge on any atom is 0.181 e. The number of benzene rings is 1. The molecule has 1 fully saturated rings. The number of rotatable bonds is 5. The number of aromatic nitrogens is 6. The van der Waals surface area contributed by atoms with Crippen LogP contribution in [0.3, 0.4) is 0 Å². The predicted molar refractivity (Wildman–Crippen MR) is 137 cm³/mol. The van der Waals surface area contributed by atoms with Gasteiger partial charge >= 0.3 is 0 Å². The van der Waals surface area contributed by atoms with Crippen molar-refractivity contribution in [2.24, 2.45) is 0 Å². The van der Waals surface area contributed by atoms with Gasteiger partial charge in [0.25, 0.3) is 0 Å². The minimum absolute atomic E-state index is 0.334. The Labute approximate surface area is 197 Å². The zero-order chi connectivity index (χ0) is 23.1. The highest BCUT2D eigenvalue weighted by atomic mass is 15.2. The molecule has 172 valence electrons. The van der Waals surface area contributed by atoms with Gasteiger partial charge in [0, 0.05) is 48.8 Å². The van der Waals surface area contributed by atoms with E-state index in [0.29, 0.717) is 11.7 Å². The summed E-state index contributed by atoms with van der Waals surface area (Å²) in [7, 11) is 0. The van der Waals surface area contributed by atoms with Crippen LogP contribution in [0.15, 0.2) is 48.9 Å². The molecule has 0 spiro atoms. The Morgan fingerprint density at radius 2 is 1.85 bits per heavy atom. The molecule has 0 amide bonds. The predicted octanol–water partition coefficient (Wildman–Crippen LogP) is 5.37. The molecule has 5 heterocycles. The second-order valence-electron chi connectivity index (χ2n) is 9.26. The lowest BCUT2D eigenvalue weighted by atomic mass is 10.1. The zero-order valence-electron chi connectivity index (χ0n) is 19.5. The SMILES string of the molecule is CC(C)Nc1cncc(-c2cnc3n[nH]c(-c4nc5c(N6CCCCC6)cccc5[nH]4)c3c2)c1. The largest absolute Gasteiger partial charge is 0.382 e. The lowest BCUT2D eigenvalue weighted by molar-refractivity contribution is 0.579. The Morgan fingerprint density at radius 1 is 1.00 bits per heavy atom. The molecular formula is C26H28N8. The van der Waals surface area contributed by atoms with Crippen LogP contribution in [0.2, 0.25) is 0 Å². The number of nitrogens with zero attached hydrogens (tertiary/aromatic N) is 5. The van der Waals surface area contributed by atoms with Crippen LogP contribution in [0, 0.1) is 0 Å². The molecular weight excluding hydrogens is 424 g/mol. The third-order valence-electron chi connectivity index (χ3n) is 6.36. The van der Waals surface area contributed by atoms with Crippen molar-refractivity contribution >= 4 is 33.4 Å². The Hall–Kier alpha value is -3.94. The molecule has 5 aromatic rings. The monoisotopic (exact) mass is 452 g/mol. The van der Waals surface area contributed by atoms with Gasteiger partial charge in [-0.2, -0.15) is 5.10 Å². The van der Waals surface area contributed by atoms with Crippen molar-refractivity contribution in [3.8, 4) is 22.6 Å². The van der Waals surface area contributed by atoms with Crippen LogP contribution in [-0.2, 0) is 0 Å². The maximum absolute atomic E-state index is 5.01. The van der Waals surface area contributed by atoms with Gasteiger partial charge in [0.1, 0.15) is 11.2 Å². The second-order valence-corrected chi connectivity index (χ2v) is 9.26. The first-order valence-corrected chi connectivity index (χ1v) is 12.0. The van der Waals surface area contributed by atoms with E-state index in [1.807, 2.05) is 18.6 Å². The van der Waals surface area contributed by atoms with Crippen molar-refractivity contribution in [1.82, 2.24) is 30.1 Å². The molecule has 0 bridgehead atoms. The molecule has 0 aliphatic carbocycles. The van der Waals surface area contributed by atoms with Gasteiger partial charge in [0.2, 0.25) is 0 Å². The lowest BCUT2D eigenvalue weighted by Crippen LogP contribution is -2.29. The highest BCUT2D eigenvalue weighted by Crippen LogP contribution is 2.33. The van der Waals surface area contributed by atoms with Crippen LogP contribution in [0.1, 0.15) is 33.1 Å². The molecule has 8 heteroatoms. The summed E-state index contributed by atoms with van der Waals surface area (Å²) in [6.07, 6.45) is 9.31. The summed E-state index contributed by atoms with van der Waals surface area (Å²) in [4.78, 5) is 20.0. The van der Waals surface area contributed by atoms with Crippen molar-refractivity contribution in [2.45, 2.75) is 39.2 Å². The Morgan fingerprint density at radius 3 is 2.71 bits per heavy atom. The van der Waals surface area contributed by atoms with E-state index < -0.39 is 0 Å². The third-order valence-corrected chi connectivity index (χ3v) is 6.36. The van der Waals surface area contributed by atoms with Gasteiger partial charge in [-0.05, 0) is 57.4 Å². The zero-order valence-corrected chi connectivity index (χ0v) is 19.5. The number of anilines is 2. The highest BCUT2D eigenvalue weighted by molar-refractivity contribution is 5.96. The summed E-state index contributed by atoms with van der Waals surface area (Å²) in [6.45, 7) is 6.39. The molecule has 0 atom stereocenters. The normalized spacial score (nSPS) is 14.4. The van der Waals surface area contributed by atoms with Gasteiger partial charge in [0.15, 0.2) is 11.5 Å². The smallest absolute Gasteiger partial charge is 0.181 e. The molecule has 1 aromatic carbocycles. The molecule has 0 unspecified atom stereocenters. The van der Waals surface area contributed by atoms with E-state index in [1.165, 1.54) is 24.9 Å². The topological polar surface area (TPSA) is 98.4 Å². The van der Waals surface area contributed by atoms with Crippen LogP contribution in [0.4, 0.5) is 11.4 Å². The Kier molecular flexibility index (Phi) is 5.13. The van der Waals surface area contributed by atoms with Gasteiger partial charge in [-0.15, -0.1) is 0 Å². The van der Waals surface area contributed by atoms with Crippen LogP contribution in [0.25, 0.3) is 44.7 Å². The molecule has 6 rings (SSSR count). The molecule has 4 aromatic heterocycles. The maximum atomic E-state index is 5.01. The molecule has 0 saturated carbocycles. The Bertz CT molecular complexity index is 1460. The van der Waals surface area contributed by atoms with Gasteiger partial charge in [0.05, 0.1) is 22.3 Å².